The maximum absolute atomic E-state index is 12.7. The molecule has 0 saturated carbocycles. The molecule has 1 aliphatic rings. The summed E-state index contributed by atoms with van der Waals surface area (Å²) in [5.41, 5.74) is 2.80. The van der Waals surface area contributed by atoms with Crippen molar-refractivity contribution in [3.05, 3.63) is 89.2 Å². The summed E-state index contributed by atoms with van der Waals surface area (Å²) in [5, 5.41) is 2.85. The number of thioether (sulfide) groups is 1. The van der Waals surface area contributed by atoms with E-state index < -0.39 is 0 Å². The molecular formula is C25H23N3O3S. The Bertz CT molecular complexity index is 1150. The van der Waals surface area contributed by atoms with E-state index in [1.54, 1.807) is 30.1 Å². The van der Waals surface area contributed by atoms with Gasteiger partial charge >= 0.3 is 0 Å². The Kier molecular flexibility index (Phi) is 6.66. The number of hydrogen-bond acceptors (Lipinski definition) is 5. The lowest BCUT2D eigenvalue weighted by Crippen LogP contribution is -2.30. The molecule has 4 rings (SSSR count). The third-order valence-electron chi connectivity index (χ3n) is 5.21. The van der Waals surface area contributed by atoms with Crippen LogP contribution < -0.4 is 5.32 Å². The van der Waals surface area contributed by atoms with Crippen molar-refractivity contribution in [3.63, 3.8) is 0 Å². The Hall–Kier alpha value is -3.45. The van der Waals surface area contributed by atoms with Gasteiger partial charge in [0, 0.05) is 40.8 Å². The molecule has 32 heavy (non-hydrogen) atoms. The van der Waals surface area contributed by atoms with E-state index in [9.17, 15) is 14.4 Å². The first kappa shape index (κ1) is 21.8. The lowest BCUT2D eigenvalue weighted by atomic mass is 10.1. The summed E-state index contributed by atoms with van der Waals surface area (Å²) in [6.45, 7) is 2.40. The monoisotopic (exact) mass is 445 g/mol. The van der Waals surface area contributed by atoms with Crippen molar-refractivity contribution < 1.29 is 14.4 Å². The molecule has 0 radical (unpaired) electrons. The van der Waals surface area contributed by atoms with Crippen LogP contribution in [0.2, 0.25) is 0 Å². The maximum Gasteiger partial charge on any atom is 0.261 e. The summed E-state index contributed by atoms with van der Waals surface area (Å²) in [6.07, 6.45) is 5.25. The second kappa shape index (κ2) is 9.78. The molecule has 6 nitrogen and oxygen atoms in total. The lowest BCUT2D eigenvalue weighted by molar-refractivity contribution is 0.0652. The third kappa shape index (κ3) is 4.73. The number of nitrogens with one attached hydrogen (secondary N) is 1. The third-order valence-corrected chi connectivity index (χ3v) is 6.29. The van der Waals surface area contributed by atoms with Gasteiger partial charge < -0.3 is 5.32 Å². The number of nitrogens with zero attached hydrogens (tertiary/aromatic N) is 2. The molecule has 0 fully saturated rings. The number of hydrogen-bond donors (Lipinski definition) is 1. The van der Waals surface area contributed by atoms with Gasteiger partial charge in [0.25, 0.3) is 17.7 Å². The van der Waals surface area contributed by atoms with Crippen molar-refractivity contribution in [1.29, 1.82) is 0 Å². The van der Waals surface area contributed by atoms with Gasteiger partial charge in [-0.3, -0.25) is 24.3 Å². The Balaban J connectivity index is 1.40. The minimum Gasteiger partial charge on any atom is -0.322 e. The molecule has 0 bridgehead atoms. The predicted octanol–water partition coefficient (Wildman–Crippen LogP) is 5.02. The molecule has 0 saturated heterocycles. The summed E-state index contributed by atoms with van der Waals surface area (Å²) >= 11 is 1.69. The van der Waals surface area contributed by atoms with Gasteiger partial charge in [0.2, 0.25) is 0 Å². The van der Waals surface area contributed by atoms with Gasteiger partial charge in [-0.25, -0.2) is 0 Å². The zero-order valence-electron chi connectivity index (χ0n) is 17.7. The summed E-state index contributed by atoms with van der Waals surface area (Å²) in [7, 11) is 0. The zero-order valence-corrected chi connectivity index (χ0v) is 18.5. The Morgan fingerprint density at radius 2 is 1.81 bits per heavy atom. The summed E-state index contributed by atoms with van der Waals surface area (Å²) in [5.74, 6) is -0.125. The molecule has 1 aromatic heterocycles. The van der Waals surface area contributed by atoms with Crippen LogP contribution in [-0.4, -0.2) is 34.2 Å². The van der Waals surface area contributed by atoms with E-state index in [-0.39, 0.29) is 17.7 Å². The summed E-state index contributed by atoms with van der Waals surface area (Å²) < 4.78 is 0. The van der Waals surface area contributed by atoms with Crippen molar-refractivity contribution >= 4 is 35.2 Å². The van der Waals surface area contributed by atoms with Gasteiger partial charge in [0.1, 0.15) is 0 Å². The minimum atomic E-state index is -0.330. The van der Waals surface area contributed by atoms with Gasteiger partial charge in [-0.15, -0.1) is 11.8 Å². The fourth-order valence-corrected chi connectivity index (χ4v) is 4.27. The summed E-state index contributed by atoms with van der Waals surface area (Å²) in [6, 6.07) is 16.2. The molecular weight excluding hydrogens is 422 g/mol. The molecule has 1 aliphatic heterocycles. The number of amides is 3. The fourth-order valence-electron chi connectivity index (χ4n) is 3.44. The van der Waals surface area contributed by atoms with Crippen LogP contribution in [0.25, 0.3) is 0 Å². The average molecular weight is 446 g/mol. The van der Waals surface area contributed by atoms with Crippen LogP contribution >= 0.6 is 11.8 Å². The molecule has 7 heteroatoms. The van der Waals surface area contributed by atoms with E-state index in [0.717, 1.165) is 29.1 Å². The van der Waals surface area contributed by atoms with E-state index in [0.29, 0.717) is 28.9 Å². The average Bonchev–Trinajstić information content (AvgIpc) is 3.07. The number of fused-ring (bicyclic) bond motifs is 1. The van der Waals surface area contributed by atoms with Crippen molar-refractivity contribution in [2.45, 2.75) is 30.4 Å². The van der Waals surface area contributed by atoms with Crippen LogP contribution in [-0.2, 0) is 5.75 Å². The number of carbonyl (C=O) groups excluding carboxylic acids is 3. The van der Waals surface area contributed by atoms with Gasteiger partial charge in [0.05, 0.1) is 11.1 Å². The van der Waals surface area contributed by atoms with Gasteiger partial charge in [0.15, 0.2) is 0 Å². The number of imide groups is 1. The van der Waals surface area contributed by atoms with Crippen LogP contribution in [0.4, 0.5) is 5.69 Å². The zero-order chi connectivity index (χ0) is 22.5. The van der Waals surface area contributed by atoms with Gasteiger partial charge in [-0.2, -0.15) is 0 Å². The molecule has 3 aromatic rings. The van der Waals surface area contributed by atoms with Gasteiger partial charge in [-0.1, -0.05) is 19.4 Å². The first-order valence-corrected chi connectivity index (χ1v) is 11.5. The van der Waals surface area contributed by atoms with Crippen LogP contribution in [0, 0.1) is 0 Å². The van der Waals surface area contributed by atoms with Crippen molar-refractivity contribution in [1.82, 2.24) is 9.88 Å². The van der Waals surface area contributed by atoms with Crippen LogP contribution in [0.15, 0.2) is 71.9 Å². The molecule has 2 heterocycles. The molecule has 0 unspecified atom stereocenters. The number of pyridine rings is 1. The standard InChI is InChI=1S/C25H23N3O3S/c1-2-3-13-28-24(30)21-11-6-18(14-22(21)25(28)31)23(29)27-19-7-9-20(10-8-19)32-16-17-5-4-12-26-15-17/h4-12,14-15H,2-3,13,16H2,1H3,(H,27,29). The number of rotatable bonds is 8. The topological polar surface area (TPSA) is 79.4 Å². The minimum absolute atomic E-state index is 0.287. The Morgan fingerprint density at radius 3 is 2.53 bits per heavy atom. The second-order valence-electron chi connectivity index (χ2n) is 7.50. The van der Waals surface area contributed by atoms with Crippen molar-refractivity contribution in [3.8, 4) is 0 Å². The lowest BCUT2D eigenvalue weighted by Gasteiger charge is -2.12. The van der Waals surface area contributed by atoms with E-state index in [1.165, 1.54) is 11.0 Å². The van der Waals surface area contributed by atoms with Crippen molar-refractivity contribution in [2.75, 3.05) is 11.9 Å². The van der Waals surface area contributed by atoms with Crippen LogP contribution in [0.1, 0.15) is 56.4 Å². The Morgan fingerprint density at radius 1 is 1.03 bits per heavy atom. The molecule has 162 valence electrons. The number of benzene rings is 2. The maximum atomic E-state index is 12.7. The SMILES string of the molecule is CCCCN1C(=O)c2ccc(C(=O)Nc3ccc(SCc4cccnc4)cc3)cc2C1=O. The highest BCUT2D eigenvalue weighted by Gasteiger charge is 2.35. The van der Waals surface area contributed by atoms with Gasteiger partial charge in [-0.05, 0) is 60.5 Å². The highest BCUT2D eigenvalue weighted by atomic mass is 32.2. The predicted molar refractivity (Wildman–Crippen MR) is 125 cm³/mol. The first-order chi connectivity index (χ1) is 15.6. The second-order valence-corrected chi connectivity index (χ2v) is 8.55. The van der Waals surface area contributed by atoms with Crippen molar-refractivity contribution in [2.24, 2.45) is 0 Å². The highest BCUT2D eigenvalue weighted by Crippen LogP contribution is 2.26. The smallest absolute Gasteiger partial charge is 0.261 e. The van der Waals surface area contributed by atoms with E-state index in [1.807, 2.05) is 49.5 Å². The van der Waals surface area contributed by atoms with Crippen LogP contribution in [0.5, 0.6) is 0 Å². The molecule has 1 N–H and O–H groups in total. The normalized spacial score (nSPS) is 12.7. The molecule has 0 spiro atoms. The van der Waals surface area contributed by atoms with E-state index in [4.69, 9.17) is 0 Å². The highest BCUT2D eigenvalue weighted by molar-refractivity contribution is 7.98. The fraction of sp³-hybridized carbons (Fsp3) is 0.200. The molecule has 3 amide bonds. The summed E-state index contributed by atoms with van der Waals surface area (Å²) in [4.78, 5) is 44.3. The molecule has 2 aromatic carbocycles. The number of aromatic nitrogens is 1. The Labute approximate surface area is 191 Å². The first-order valence-electron chi connectivity index (χ1n) is 10.5. The van der Waals surface area contributed by atoms with Crippen LogP contribution in [0.3, 0.4) is 0 Å². The number of unbranched alkanes of at least 4 members (excludes halogenated alkanes) is 1. The largest absolute Gasteiger partial charge is 0.322 e. The molecule has 0 aliphatic carbocycles. The number of anilines is 1. The van der Waals surface area contributed by atoms with E-state index >= 15 is 0 Å². The van der Waals surface area contributed by atoms with E-state index in [2.05, 4.69) is 10.3 Å². The quantitative estimate of drug-likeness (QED) is 0.389. The number of carbonyl (C=O) groups is 3. The molecule has 0 atom stereocenters.